The first kappa shape index (κ1) is 12.3. The van der Waals surface area contributed by atoms with Crippen LogP contribution < -0.4 is 5.32 Å². The highest BCUT2D eigenvalue weighted by molar-refractivity contribution is 4.90. The van der Waals surface area contributed by atoms with Gasteiger partial charge in [-0.25, -0.2) is 0 Å². The Morgan fingerprint density at radius 3 is 2.88 bits per heavy atom. The maximum absolute atomic E-state index is 5.66. The van der Waals surface area contributed by atoms with Gasteiger partial charge in [0.25, 0.3) is 0 Å². The smallest absolute Gasteiger partial charge is 0.0637 e. The molecule has 3 atom stereocenters. The van der Waals surface area contributed by atoms with Crippen LogP contribution >= 0.6 is 0 Å². The summed E-state index contributed by atoms with van der Waals surface area (Å²) in [5.74, 6) is 0.921. The Morgan fingerprint density at radius 1 is 1.31 bits per heavy atom. The zero-order chi connectivity index (χ0) is 11.4. The summed E-state index contributed by atoms with van der Waals surface area (Å²) >= 11 is 0. The van der Waals surface area contributed by atoms with Gasteiger partial charge >= 0.3 is 0 Å². The van der Waals surface area contributed by atoms with Crippen molar-refractivity contribution >= 4 is 0 Å². The van der Waals surface area contributed by atoms with Gasteiger partial charge in [-0.1, -0.05) is 20.3 Å². The fraction of sp³-hybridized carbons (Fsp3) is 1.00. The molecule has 2 fully saturated rings. The SMILES string of the molecule is CCNC1CCOCC1N1CCC(CC)C1. The van der Waals surface area contributed by atoms with Gasteiger partial charge in [0.15, 0.2) is 0 Å². The average Bonchev–Trinajstić information content (AvgIpc) is 2.79. The van der Waals surface area contributed by atoms with E-state index in [0.29, 0.717) is 12.1 Å². The fourth-order valence-electron chi connectivity index (χ4n) is 3.08. The minimum atomic E-state index is 0.616. The number of rotatable bonds is 4. The first-order valence-corrected chi connectivity index (χ1v) is 6.90. The molecule has 0 radical (unpaired) electrons. The lowest BCUT2D eigenvalue weighted by Gasteiger charge is -2.38. The van der Waals surface area contributed by atoms with E-state index in [4.69, 9.17) is 4.74 Å². The van der Waals surface area contributed by atoms with Gasteiger partial charge in [-0.3, -0.25) is 4.90 Å². The summed E-state index contributed by atoms with van der Waals surface area (Å²) in [5.41, 5.74) is 0. The van der Waals surface area contributed by atoms with Crippen LogP contribution in [0.5, 0.6) is 0 Å². The van der Waals surface area contributed by atoms with Crippen LogP contribution in [0.1, 0.15) is 33.1 Å². The standard InChI is InChI=1S/C13H26N2O/c1-3-11-5-7-15(9-11)13-10-16-8-6-12(13)14-4-2/h11-14H,3-10H2,1-2H3. The molecule has 2 heterocycles. The minimum Gasteiger partial charge on any atom is -0.380 e. The van der Waals surface area contributed by atoms with Crippen molar-refractivity contribution < 1.29 is 4.74 Å². The minimum absolute atomic E-state index is 0.616. The van der Waals surface area contributed by atoms with E-state index < -0.39 is 0 Å². The lowest BCUT2D eigenvalue weighted by molar-refractivity contribution is 0.00431. The monoisotopic (exact) mass is 226 g/mol. The van der Waals surface area contributed by atoms with Gasteiger partial charge < -0.3 is 10.1 Å². The van der Waals surface area contributed by atoms with Gasteiger partial charge in [0.1, 0.15) is 0 Å². The number of nitrogens with one attached hydrogen (secondary N) is 1. The largest absolute Gasteiger partial charge is 0.380 e. The van der Waals surface area contributed by atoms with Gasteiger partial charge in [-0.05, 0) is 31.8 Å². The third-order valence-corrected chi connectivity index (χ3v) is 4.16. The van der Waals surface area contributed by atoms with Crippen LogP contribution in [0.25, 0.3) is 0 Å². The van der Waals surface area contributed by atoms with Crippen molar-refractivity contribution in [3.63, 3.8) is 0 Å². The van der Waals surface area contributed by atoms with Crippen LogP contribution in [0.3, 0.4) is 0 Å². The summed E-state index contributed by atoms with van der Waals surface area (Å²) in [6.07, 6.45) is 3.88. The Bertz CT molecular complexity index is 208. The third-order valence-electron chi connectivity index (χ3n) is 4.16. The van der Waals surface area contributed by atoms with E-state index in [0.717, 1.165) is 25.7 Å². The molecule has 0 spiro atoms. The molecule has 0 amide bonds. The van der Waals surface area contributed by atoms with Crippen LogP contribution in [-0.4, -0.2) is 49.8 Å². The van der Waals surface area contributed by atoms with E-state index in [-0.39, 0.29) is 0 Å². The normalized spacial score (nSPS) is 36.8. The van der Waals surface area contributed by atoms with Gasteiger partial charge in [-0.15, -0.1) is 0 Å². The number of ether oxygens (including phenoxy) is 1. The van der Waals surface area contributed by atoms with Crippen molar-refractivity contribution in [3.05, 3.63) is 0 Å². The molecule has 2 aliphatic heterocycles. The van der Waals surface area contributed by atoms with Gasteiger partial charge in [0.2, 0.25) is 0 Å². The van der Waals surface area contributed by atoms with Crippen molar-refractivity contribution in [3.8, 4) is 0 Å². The van der Waals surface area contributed by atoms with E-state index in [1.807, 2.05) is 0 Å². The van der Waals surface area contributed by atoms with E-state index in [1.165, 1.54) is 32.4 Å². The molecule has 0 aromatic heterocycles. The van der Waals surface area contributed by atoms with Crippen molar-refractivity contribution in [1.82, 2.24) is 10.2 Å². The fourth-order valence-corrected chi connectivity index (χ4v) is 3.08. The summed E-state index contributed by atoms with van der Waals surface area (Å²) in [4.78, 5) is 2.65. The van der Waals surface area contributed by atoms with Crippen molar-refractivity contribution in [2.75, 3.05) is 32.8 Å². The third kappa shape index (κ3) is 2.76. The number of likely N-dealkylation sites (tertiary alicyclic amines) is 1. The van der Waals surface area contributed by atoms with E-state index in [1.54, 1.807) is 0 Å². The molecule has 94 valence electrons. The average molecular weight is 226 g/mol. The second-order valence-electron chi connectivity index (χ2n) is 5.15. The molecule has 1 N–H and O–H groups in total. The second-order valence-corrected chi connectivity index (χ2v) is 5.15. The Hall–Kier alpha value is -0.120. The van der Waals surface area contributed by atoms with Crippen LogP contribution in [0.15, 0.2) is 0 Å². The number of likely N-dealkylation sites (N-methyl/N-ethyl adjacent to an activating group) is 1. The number of hydrogen-bond acceptors (Lipinski definition) is 3. The molecule has 2 saturated heterocycles. The first-order chi connectivity index (χ1) is 7.85. The lowest BCUT2D eigenvalue weighted by atomic mass is 10.0. The van der Waals surface area contributed by atoms with Crippen LogP contribution in [0.4, 0.5) is 0 Å². The molecule has 0 bridgehead atoms. The molecular weight excluding hydrogens is 200 g/mol. The molecule has 0 aromatic rings. The summed E-state index contributed by atoms with van der Waals surface area (Å²) in [6, 6.07) is 1.26. The van der Waals surface area contributed by atoms with E-state index in [9.17, 15) is 0 Å². The highest BCUT2D eigenvalue weighted by atomic mass is 16.5. The summed E-state index contributed by atoms with van der Waals surface area (Å²) in [6.45, 7) is 10.00. The molecule has 16 heavy (non-hydrogen) atoms. The second kappa shape index (κ2) is 5.99. The molecule has 3 nitrogen and oxygen atoms in total. The Balaban J connectivity index is 1.90. The highest BCUT2D eigenvalue weighted by Crippen LogP contribution is 2.24. The number of hydrogen-bond donors (Lipinski definition) is 1. The first-order valence-electron chi connectivity index (χ1n) is 6.90. The zero-order valence-electron chi connectivity index (χ0n) is 10.7. The van der Waals surface area contributed by atoms with Crippen LogP contribution in [0.2, 0.25) is 0 Å². The van der Waals surface area contributed by atoms with Gasteiger partial charge in [-0.2, -0.15) is 0 Å². The van der Waals surface area contributed by atoms with Crippen molar-refractivity contribution in [1.29, 1.82) is 0 Å². The predicted octanol–water partition coefficient (Wildman–Crippen LogP) is 1.49. The molecule has 2 aliphatic rings. The maximum Gasteiger partial charge on any atom is 0.0637 e. The van der Waals surface area contributed by atoms with E-state index >= 15 is 0 Å². The molecule has 0 aliphatic carbocycles. The molecular formula is C13H26N2O. The molecule has 3 heteroatoms. The zero-order valence-corrected chi connectivity index (χ0v) is 10.7. The van der Waals surface area contributed by atoms with Crippen LogP contribution in [0, 0.1) is 5.92 Å². The van der Waals surface area contributed by atoms with Crippen LogP contribution in [-0.2, 0) is 4.74 Å². The molecule has 3 unspecified atom stereocenters. The summed E-state index contributed by atoms with van der Waals surface area (Å²) in [7, 11) is 0. The number of nitrogens with zero attached hydrogens (tertiary/aromatic N) is 1. The Morgan fingerprint density at radius 2 is 2.19 bits per heavy atom. The Labute approximate surface area is 99.5 Å². The molecule has 2 rings (SSSR count). The summed E-state index contributed by atoms with van der Waals surface area (Å²) < 4.78 is 5.66. The predicted molar refractivity (Wildman–Crippen MR) is 66.7 cm³/mol. The van der Waals surface area contributed by atoms with E-state index in [2.05, 4.69) is 24.1 Å². The van der Waals surface area contributed by atoms with Gasteiger partial charge in [0, 0.05) is 25.2 Å². The summed E-state index contributed by atoms with van der Waals surface area (Å²) in [5, 5.41) is 3.62. The quantitative estimate of drug-likeness (QED) is 0.786. The lowest BCUT2D eigenvalue weighted by Crippen LogP contribution is -2.54. The molecule has 0 saturated carbocycles. The van der Waals surface area contributed by atoms with Gasteiger partial charge in [0.05, 0.1) is 6.61 Å². The molecule has 0 aromatic carbocycles. The Kier molecular flexibility index (Phi) is 4.62. The van der Waals surface area contributed by atoms with Crippen molar-refractivity contribution in [2.24, 2.45) is 5.92 Å². The van der Waals surface area contributed by atoms with Crippen molar-refractivity contribution in [2.45, 2.75) is 45.2 Å². The maximum atomic E-state index is 5.66. The topological polar surface area (TPSA) is 24.5 Å². The highest BCUT2D eigenvalue weighted by Gasteiger charge is 2.34.